The predicted molar refractivity (Wildman–Crippen MR) is 81.5 cm³/mol. The van der Waals surface area contributed by atoms with Gasteiger partial charge in [-0.05, 0) is 23.7 Å². The van der Waals surface area contributed by atoms with E-state index in [1.807, 2.05) is 30.3 Å². The van der Waals surface area contributed by atoms with E-state index in [0.717, 1.165) is 5.56 Å². The normalized spacial score (nSPS) is 11.3. The molecule has 0 aliphatic rings. The quantitative estimate of drug-likeness (QED) is 0.538. The zero-order valence-corrected chi connectivity index (χ0v) is 12.0. The highest BCUT2D eigenvalue weighted by Crippen LogP contribution is 2.27. The van der Waals surface area contributed by atoms with E-state index in [0.29, 0.717) is 27.7 Å². The Bertz CT molecular complexity index is 965. The third-order valence-electron chi connectivity index (χ3n) is 3.16. The van der Waals surface area contributed by atoms with Crippen LogP contribution in [0.2, 0.25) is 10.4 Å². The summed E-state index contributed by atoms with van der Waals surface area (Å²) in [6.07, 6.45) is 0. The number of benzene rings is 1. The van der Waals surface area contributed by atoms with Crippen molar-refractivity contribution in [1.29, 1.82) is 0 Å². The topological polar surface area (TPSA) is 56.0 Å². The van der Waals surface area contributed by atoms with Crippen LogP contribution in [0, 0.1) is 0 Å². The summed E-state index contributed by atoms with van der Waals surface area (Å²) in [7, 11) is 0. The molecule has 102 valence electrons. The smallest absolute Gasteiger partial charge is 0.231 e. The van der Waals surface area contributed by atoms with E-state index in [-0.39, 0.29) is 5.28 Å². The van der Waals surface area contributed by atoms with Crippen LogP contribution in [0.15, 0.2) is 42.5 Å². The van der Waals surface area contributed by atoms with Crippen molar-refractivity contribution in [2.24, 2.45) is 0 Å². The molecule has 0 aliphatic heterocycles. The van der Waals surface area contributed by atoms with Crippen LogP contribution < -0.4 is 0 Å². The van der Waals surface area contributed by atoms with Crippen LogP contribution in [0.3, 0.4) is 0 Å². The van der Waals surface area contributed by atoms with Gasteiger partial charge in [-0.3, -0.25) is 0 Å². The molecule has 5 nitrogen and oxygen atoms in total. The largest absolute Gasteiger partial charge is 0.248 e. The van der Waals surface area contributed by atoms with Crippen molar-refractivity contribution in [3.8, 4) is 11.3 Å². The molecular weight excluding hydrogens is 309 g/mol. The molecule has 0 saturated heterocycles. The summed E-state index contributed by atoms with van der Waals surface area (Å²) in [6, 6.07) is 13.2. The number of fused-ring (bicyclic) bond motifs is 3. The fraction of sp³-hybridized carbons (Fsp3) is 0. The second-order valence-electron chi connectivity index (χ2n) is 4.43. The molecular formula is C14H7Cl2N5. The van der Waals surface area contributed by atoms with Gasteiger partial charge >= 0.3 is 0 Å². The maximum absolute atomic E-state index is 6.26. The van der Waals surface area contributed by atoms with Crippen molar-refractivity contribution in [3.63, 3.8) is 0 Å². The van der Waals surface area contributed by atoms with Gasteiger partial charge in [-0.2, -0.15) is 0 Å². The first-order chi connectivity index (χ1) is 10.2. The van der Waals surface area contributed by atoms with Gasteiger partial charge in [0.25, 0.3) is 0 Å². The van der Waals surface area contributed by atoms with Crippen molar-refractivity contribution in [1.82, 2.24) is 24.6 Å². The lowest BCUT2D eigenvalue weighted by atomic mass is 10.1. The molecule has 21 heavy (non-hydrogen) atoms. The molecule has 4 aromatic rings. The zero-order valence-electron chi connectivity index (χ0n) is 10.5. The number of pyridine rings is 1. The molecule has 0 N–H and O–H groups in total. The fourth-order valence-electron chi connectivity index (χ4n) is 2.21. The Morgan fingerprint density at radius 3 is 2.48 bits per heavy atom. The Hall–Kier alpha value is -2.24. The van der Waals surface area contributed by atoms with Gasteiger partial charge < -0.3 is 0 Å². The average Bonchev–Trinajstić information content (AvgIpc) is 2.89. The molecule has 0 radical (unpaired) electrons. The molecule has 7 heteroatoms. The first-order valence-electron chi connectivity index (χ1n) is 6.16. The lowest BCUT2D eigenvalue weighted by molar-refractivity contribution is 1.10. The summed E-state index contributed by atoms with van der Waals surface area (Å²) in [5.41, 5.74) is 3.31. The minimum absolute atomic E-state index is 0.242. The lowest BCUT2D eigenvalue weighted by Gasteiger charge is -2.06. The Kier molecular flexibility index (Phi) is 2.77. The van der Waals surface area contributed by atoms with Crippen LogP contribution >= 0.6 is 23.2 Å². The Morgan fingerprint density at radius 1 is 0.857 bits per heavy atom. The van der Waals surface area contributed by atoms with E-state index in [4.69, 9.17) is 23.2 Å². The van der Waals surface area contributed by atoms with E-state index < -0.39 is 0 Å². The molecule has 3 aromatic heterocycles. The number of aromatic nitrogens is 5. The molecule has 0 spiro atoms. The summed E-state index contributed by atoms with van der Waals surface area (Å²) >= 11 is 12.3. The van der Waals surface area contributed by atoms with Gasteiger partial charge in [-0.25, -0.2) is 14.4 Å². The summed E-state index contributed by atoms with van der Waals surface area (Å²) in [4.78, 5) is 9.00. The van der Waals surface area contributed by atoms with Gasteiger partial charge in [-0.1, -0.05) is 41.9 Å². The third kappa shape index (κ3) is 1.93. The summed E-state index contributed by atoms with van der Waals surface area (Å²) in [5, 5.41) is 8.41. The number of hydrogen-bond acceptors (Lipinski definition) is 4. The van der Waals surface area contributed by atoms with Crippen LogP contribution in [-0.4, -0.2) is 24.6 Å². The van der Waals surface area contributed by atoms with E-state index in [1.165, 1.54) is 0 Å². The minimum atomic E-state index is 0.242. The molecule has 0 fully saturated rings. The first kappa shape index (κ1) is 12.5. The second kappa shape index (κ2) is 4.65. The molecule has 0 unspecified atom stereocenters. The Labute approximate surface area is 129 Å². The van der Waals surface area contributed by atoms with Gasteiger partial charge in [0.15, 0.2) is 16.4 Å². The van der Waals surface area contributed by atoms with Gasteiger partial charge in [0.1, 0.15) is 11.2 Å². The molecule has 0 aliphatic carbocycles. The van der Waals surface area contributed by atoms with Crippen LogP contribution in [0.4, 0.5) is 0 Å². The van der Waals surface area contributed by atoms with Gasteiger partial charge in [0.2, 0.25) is 5.28 Å². The first-order valence-corrected chi connectivity index (χ1v) is 6.92. The van der Waals surface area contributed by atoms with E-state index in [1.54, 1.807) is 16.5 Å². The lowest BCUT2D eigenvalue weighted by Crippen LogP contribution is -1.97. The molecule has 0 amide bonds. The number of nitrogens with zero attached hydrogens (tertiary/aromatic N) is 5. The van der Waals surface area contributed by atoms with Gasteiger partial charge in [0, 0.05) is 5.56 Å². The van der Waals surface area contributed by atoms with Gasteiger partial charge in [-0.15, -0.1) is 10.2 Å². The molecule has 0 bridgehead atoms. The zero-order chi connectivity index (χ0) is 14.4. The van der Waals surface area contributed by atoms with Crippen molar-refractivity contribution in [3.05, 3.63) is 52.9 Å². The molecule has 3 heterocycles. The van der Waals surface area contributed by atoms with Crippen LogP contribution in [0.5, 0.6) is 0 Å². The summed E-state index contributed by atoms with van der Waals surface area (Å²) < 4.78 is 1.65. The minimum Gasteiger partial charge on any atom is -0.248 e. The predicted octanol–water partition coefficient (Wildman–Crippen LogP) is 3.65. The highest BCUT2D eigenvalue weighted by molar-refractivity contribution is 6.32. The molecule has 0 atom stereocenters. The molecule has 0 saturated carbocycles. The Balaban J connectivity index is 2.12. The van der Waals surface area contributed by atoms with Crippen LogP contribution in [0.1, 0.15) is 0 Å². The van der Waals surface area contributed by atoms with Crippen molar-refractivity contribution >= 4 is 40.0 Å². The standard InChI is InChI=1S/C14H7Cl2N5/c15-12-11(8-4-2-1-3-5-8)18-13-9(17-12)6-7-10-19-20-14(16)21(10)13/h1-7H. The monoisotopic (exact) mass is 315 g/mol. The third-order valence-corrected chi connectivity index (χ3v) is 3.67. The maximum atomic E-state index is 6.26. The highest BCUT2D eigenvalue weighted by atomic mass is 35.5. The second-order valence-corrected chi connectivity index (χ2v) is 5.13. The van der Waals surface area contributed by atoms with Crippen molar-refractivity contribution < 1.29 is 0 Å². The van der Waals surface area contributed by atoms with E-state index >= 15 is 0 Å². The molecule has 4 rings (SSSR count). The fourth-order valence-corrected chi connectivity index (χ4v) is 2.65. The SMILES string of the molecule is Clc1nc2ccc3nnc(Cl)n3c2nc1-c1ccccc1. The summed E-state index contributed by atoms with van der Waals surface area (Å²) in [6.45, 7) is 0. The highest BCUT2D eigenvalue weighted by Gasteiger charge is 2.13. The van der Waals surface area contributed by atoms with Crippen LogP contribution in [-0.2, 0) is 0 Å². The maximum Gasteiger partial charge on any atom is 0.231 e. The number of rotatable bonds is 1. The van der Waals surface area contributed by atoms with Crippen molar-refractivity contribution in [2.75, 3.05) is 0 Å². The van der Waals surface area contributed by atoms with E-state index in [2.05, 4.69) is 20.2 Å². The van der Waals surface area contributed by atoms with Gasteiger partial charge in [0.05, 0.1) is 0 Å². The number of hydrogen-bond donors (Lipinski definition) is 0. The average molecular weight is 316 g/mol. The Morgan fingerprint density at radius 2 is 1.67 bits per heavy atom. The van der Waals surface area contributed by atoms with Crippen molar-refractivity contribution in [2.45, 2.75) is 0 Å². The van der Waals surface area contributed by atoms with E-state index in [9.17, 15) is 0 Å². The number of halogens is 2. The molecule has 1 aromatic carbocycles. The van der Waals surface area contributed by atoms with Crippen LogP contribution in [0.25, 0.3) is 28.1 Å². The summed E-state index contributed by atoms with van der Waals surface area (Å²) in [5.74, 6) is 0.